The fourth-order valence-electron chi connectivity index (χ4n) is 1.40. The molecule has 2 nitrogen and oxygen atoms in total. The highest BCUT2D eigenvalue weighted by molar-refractivity contribution is 6.30. The third-order valence-electron chi connectivity index (χ3n) is 2.22. The SMILES string of the molecule is OCc1ccc(-c2ccc(Cl)cn2)c(F)c1. The monoisotopic (exact) mass is 237 g/mol. The summed E-state index contributed by atoms with van der Waals surface area (Å²) < 4.78 is 13.6. The van der Waals surface area contributed by atoms with E-state index in [1.54, 1.807) is 24.3 Å². The second kappa shape index (κ2) is 4.60. The largest absolute Gasteiger partial charge is 0.392 e. The minimum atomic E-state index is -0.402. The molecule has 1 N–H and O–H groups in total. The van der Waals surface area contributed by atoms with Gasteiger partial charge in [0.05, 0.1) is 17.3 Å². The number of hydrogen-bond donors (Lipinski definition) is 1. The van der Waals surface area contributed by atoms with E-state index in [9.17, 15) is 4.39 Å². The van der Waals surface area contributed by atoms with Crippen molar-refractivity contribution in [3.8, 4) is 11.3 Å². The van der Waals surface area contributed by atoms with E-state index in [4.69, 9.17) is 16.7 Å². The molecule has 0 aliphatic heterocycles. The first-order chi connectivity index (χ1) is 7.70. The molecule has 1 aromatic carbocycles. The quantitative estimate of drug-likeness (QED) is 0.871. The summed E-state index contributed by atoms with van der Waals surface area (Å²) in [6.45, 7) is -0.175. The Bertz CT molecular complexity index is 499. The van der Waals surface area contributed by atoms with Crippen molar-refractivity contribution in [2.45, 2.75) is 6.61 Å². The molecule has 4 heteroatoms. The summed E-state index contributed by atoms with van der Waals surface area (Å²) in [6.07, 6.45) is 1.47. The lowest BCUT2D eigenvalue weighted by Crippen LogP contribution is -1.90. The summed E-state index contributed by atoms with van der Waals surface area (Å²) in [5.74, 6) is -0.402. The third-order valence-corrected chi connectivity index (χ3v) is 2.44. The number of hydrogen-bond acceptors (Lipinski definition) is 2. The molecule has 0 atom stereocenters. The van der Waals surface area contributed by atoms with Crippen LogP contribution in [0.4, 0.5) is 4.39 Å². The Balaban J connectivity index is 2.44. The molecule has 2 rings (SSSR count). The standard InChI is InChI=1S/C12H9ClFNO/c13-9-2-4-12(15-6-9)10-3-1-8(7-16)5-11(10)14/h1-6,16H,7H2. The molecule has 1 heterocycles. The molecular weight excluding hydrogens is 229 g/mol. The van der Waals surface area contributed by atoms with Crippen LogP contribution in [-0.4, -0.2) is 10.1 Å². The number of aliphatic hydroxyl groups is 1. The van der Waals surface area contributed by atoms with Crippen molar-refractivity contribution in [3.05, 3.63) is 52.9 Å². The topological polar surface area (TPSA) is 33.1 Å². The number of aromatic nitrogens is 1. The zero-order valence-electron chi connectivity index (χ0n) is 8.32. The molecule has 0 aliphatic rings. The van der Waals surface area contributed by atoms with Crippen LogP contribution in [0.5, 0.6) is 0 Å². The van der Waals surface area contributed by atoms with Gasteiger partial charge in [-0.2, -0.15) is 0 Å². The predicted molar refractivity (Wildman–Crippen MR) is 60.6 cm³/mol. The molecule has 1 aromatic heterocycles. The Kier molecular flexibility index (Phi) is 3.17. The molecule has 0 radical (unpaired) electrons. The molecule has 0 saturated carbocycles. The van der Waals surface area contributed by atoms with Gasteiger partial charge in [0.2, 0.25) is 0 Å². The fraction of sp³-hybridized carbons (Fsp3) is 0.0833. The Hall–Kier alpha value is -1.45. The Morgan fingerprint density at radius 2 is 2.06 bits per heavy atom. The molecule has 16 heavy (non-hydrogen) atoms. The van der Waals surface area contributed by atoms with E-state index < -0.39 is 5.82 Å². The van der Waals surface area contributed by atoms with E-state index >= 15 is 0 Å². The van der Waals surface area contributed by atoms with E-state index in [2.05, 4.69) is 4.98 Å². The van der Waals surface area contributed by atoms with Gasteiger partial charge in [0.15, 0.2) is 0 Å². The summed E-state index contributed by atoms with van der Waals surface area (Å²) in [7, 11) is 0. The van der Waals surface area contributed by atoms with Gasteiger partial charge in [-0.3, -0.25) is 4.98 Å². The van der Waals surface area contributed by atoms with Crippen LogP contribution in [-0.2, 0) is 6.61 Å². The minimum absolute atomic E-state index is 0.175. The Morgan fingerprint density at radius 3 is 2.62 bits per heavy atom. The van der Waals surface area contributed by atoms with E-state index in [-0.39, 0.29) is 6.61 Å². The van der Waals surface area contributed by atoms with Crippen LogP contribution in [0.15, 0.2) is 36.5 Å². The lowest BCUT2D eigenvalue weighted by atomic mass is 10.1. The molecule has 0 spiro atoms. The second-order valence-electron chi connectivity index (χ2n) is 3.33. The summed E-state index contributed by atoms with van der Waals surface area (Å²) >= 11 is 5.70. The number of aliphatic hydroxyl groups excluding tert-OH is 1. The molecule has 2 aromatic rings. The second-order valence-corrected chi connectivity index (χ2v) is 3.77. The molecule has 0 fully saturated rings. The highest BCUT2D eigenvalue weighted by atomic mass is 35.5. The molecule has 82 valence electrons. The maximum atomic E-state index is 13.6. The lowest BCUT2D eigenvalue weighted by molar-refractivity contribution is 0.281. The molecular formula is C12H9ClFNO. The minimum Gasteiger partial charge on any atom is -0.392 e. The summed E-state index contributed by atoms with van der Waals surface area (Å²) in [4.78, 5) is 4.03. The van der Waals surface area contributed by atoms with E-state index in [1.165, 1.54) is 12.3 Å². The predicted octanol–water partition coefficient (Wildman–Crippen LogP) is 3.03. The zero-order valence-corrected chi connectivity index (χ0v) is 9.08. The highest BCUT2D eigenvalue weighted by Gasteiger charge is 2.06. The maximum absolute atomic E-state index is 13.6. The van der Waals surface area contributed by atoms with Gasteiger partial charge < -0.3 is 5.11 Å². The maximum Gasteiger partial charge on any atom is 0.132 e. The number of benzene rings is 1. The third kappa shape index (κ3) is 2.21. The summed E-state index contributed by atoms with van der Waals surface area (Å²) in [6, 6.07) is 7.86. The zero-order chi connectivity index (χ0) is 11.5. The van der Waals surface area contributed by atoms with Gasteiger partial charge in [-0.15, -0.1) is 0 Å². The normalized spacial score (nSPS) is 10.4. The first-order valence-electron chi connectivity index (χ1n) is 4.72. The first kappa shape index (κ1) is 11.0. The van der Waals surface area contributed by atoms with Crippen LogP contribution < -0.4 is 0 Å². The van der Waals surface area contributed by atoms with Crippen LogP contribution in [0.1, 0.15) is 5.56 Å². The van der Waals surface area contributed by atoms with Gasteiger partial charge in [-0.1, -0.05) is 17.7 Å². The number of pyridine rings is 1. The van der Waals surface area contributed by atoms with E-state index in [1.807, 2.05) is 0 Å². The highest BCUT2D eigenvalue weighted by Crippen LogP contribution is 2.22. The number of rotatable bonds is 2. The average Bonchev–Trinajstić information content (AvgIpc) is 2.30. The average molecular weight is 238 g/mol. The van der Waals surface area contributed by atoms with Crippen molar-refractivity contribution in [2.75, 3.05) is 0 Å². The van der Waals surface area contributed by atoms with Crippen molar-refractivity contribution in [2.24, 2.45) is 0 Å². The van der Waals surface area contributed by atoms with E-state index in [0.717, 1.165) is 0 Å². The number of halogens is 2. The molecule has 0 aliphatic carbocycles. The van der Waals surface area contributed by atoms with Crippen molar-refractivity contribution >= 4 is 11.6 Å². The fourth-order valence-corrected chi connectivity index (χ4v) is 1.51. The van der Waals surface area contributed by atoms with Crippen LogP contribution >= 0.6 is 11.6 Å². The van der Waals surface area contributed by atoms with Crippen molar-refractivity contribution in [1.29, 1.82) is 0 Å². The molecule has 0 unspecified atom stereocenters. The Labute approximate surface area is 97.3 Å². The smallest absolute Gasteiger partial charge is 0.132 e. The van der Waals surface area contributed by atoms with Crippen molar-refractivity contribution < 1.29 is 9.50 Å². The van der Waals surface area contributed by atoms with Gasteiger partial charge in [0, 0.05) is 11.8 Å². The van der Waals surface area contributed by atoms with Crippen LogP contribution in [0.2, 0.25) is 5.02 Å². The van der Waals surface area contributed by atoms with E-state index in [0.29, 0.717) is 21.8 Å². The number of nitrogens with zero attached hydrogens (tertiary/aromatic N) is 1. The summed E-state index contributed by atoms with van der Waals surface area (Å²) in [5.41, 5.74) is 1.45. The van der Waals surface area contributed by atoms with Gasteiger partial charge >= 0.3 is 0 Å². The summed E-state index contributed by atoms with van der Waals surface area (Å²) in [5, 5.41) is 9.37. The Morgan fingerprint density at radius 1 is 1.25 bits per heavy atom. The van der Waals surface area contributed by atoms with Gasteiger partial charge in [0.25, 0.3) is 0 Å². The van der Waals surface area contributed by atoms with Gasteiger partial charge in [-0.25, -0.2) is 4.39 Å². The molecule has 0 bridgehead atoms. The first-order valence-corrected chi connectivity index (χ1v) is 5.09. The van der Waals surface area contributed by atoms with Crippen LogP contribution in [0, 0.1) is 5.82 Å². The van der Waals surface area contributed by atoms with Crippen molar-refractivity contribution in [3.63, 3.8) is 0 Å². The molecule has 0 saturated heterocycles. The molecule has 0 amide bonds. The van der Waals surface area contributed by atoms with Crippen molar-refractivity contribution in [1.82, 2.24) is 4.98 Å². The lowest BCUT2D eigenvalue weighted by Gasteiger charge is -2.04. The van der Waals surface area contributed by atoms with Gasteiger partial charge in [0.1, 0.15) is 5.82 Å². The van der Waals surface area contributed by atoms with Crippen LogP contribution in [0.3, 0.4) is 0 Å². The van der Waals surface area contributed by atoms with Crippen LogP contribution in [0.25, 0.3) is 11.3 Å². The van der Waals surface area contributed by atoms with Gasteiger partial charge in [-0.05, 0) is 29.8 Å².